The Hall–Kier alpha value is -2.07. The largest absolute Gasteiger partial charge is 0.301 e. The van der Waals surface area contributed by atoms with Crippen LogP contribution >= 0.6 is 11.8 Å². The Kier molecular flexibility index (Phi) is 2.86. The van der Waals surface area contributed by atoms with Crippen molar-refractivity contribution in [2.45, 2.75) is 10.1 Å². The number of benzene rings is 2. The van der Waals surface area contributed by atoms with Gasteiger partial charge in [0, 0.05) is 4.90 Å². The van der Waals surface area contributed by atoms with Crippen LogP contribution in [0.25, 0.3) is 10.9 Å². The van der Waals surface area contributed by atoms with E-state index >= 15 is 0 Å². The second-order valence-corrected chi connectivity index (χ2v) is 4.87. The van der Waals surface area contributed by atoms with Gasteiger partial charge in [-0.15, -0.1) is 0 Å². The monoisotopic (exact) mass is 254 g/mol. The van der Waals surface area contributed by atoms with Crippen LogP contribution in [0.2, 0.25) is 0 Å². The van der Waals surface area contributed by atoms with Crippen LogP contribution in [-0.4, -0.2) is 9.97 Å². The van der Waals surface area contributed by atoms with Gasteiger partial charge >= 0.3 is 0 Å². The smallest absolute Gasteiger partial charge is 0.259 e. The van der Waals surface area contributed by atoms with Gasteiger partial charge < -0.3 is 4.98 Å². The fourth-order valence-electron chi connectivity index (χ4n) is 1.71. The van der Waals surface area contributed by atoms with Crippen LogP contribution in [0.3, 0.4) is 0 Å². The van der Waals surface area contributed by atoms with Crippen molar-refractivity contribution in [3.8, 4) is 0 Å². The van der Waals surface area contributed by atoms with E-state index in [4.69, 9.17) is 0 Å². The van der Waals surface area contributed by atoms with E-state index < -0.39 is 0 Å². The number of rotatable bonds is 2. The second-order valence-electron chi connectivity index (χ2n) is 3.80. The Labute approximate surface area is 108 Å². The van der Waals surface area contributed by atoms with E-state index in [1.807, 2.05) is 48.5 Å². The first kappa shape index (κ1) is 11.0. The van der Waals surface area contributed by atoms with Gasteiger partial charge in [0.05, 0.1) is 10.9 Å². The maximum absolute atomic E-state index is 11.9. The summed E-state index contributed by atoms with van der Waals surface area (Å²) in [6.07, 6.45) is 0. The number of nitrogens with one attached hydrogen (secondary N) is 1. The van der Waals surface area contributed by atoms with Crippen molar-refractivity contribution in [2.75, 3.05) is 0 Å². The lowest BCUT2D eigenvalue weighted by Gasteiger charge is -2.02. The van der Waals surface area contributed by atoms with Crippen molar-refractivity contribution < 1.29 is 0 Å². The van der Waals surface area contributed by atoms with Crippen molar-refractivity contribution in [1.29, 1.82) is 0 Å². The lowest BCUT2D eigenvalue weighted by Crippen LogP contribution is -2.08. The van der Waals surface area contributed by atoms with Crippen LogP contribution in [-0.2, 0) is 0 Å². The maximum atomic E-state index is 11.9. The summed E-state index contributed by atoms with van der Waals surface area (Å²) in [4.78, 5) is 20.2. The maximum Gasteiger partial charge on any atom is 0.259 e. The minimum atomic E-state index is -0.0981. The molecule has 88 valence electrons. The molecule has 3 rings (SSSR count). The number of aromatic amines is 1. The summed E-state index contributed by atoms with van der Waals surface area (Å²) in [7, 11) is 0. The molecule has 0 saturated heterocycles. The topological polar surface area (TPSA) is 45.8 Å². The average molecular weight is 254 g/mol. The van der Waals surface area contributed by atoms with Gasteiger partial charge in [0.2, 0.25) is 0 Å². The van der Waals surface area contributed by atoms with E-state index in [0.717, 1.165) is 10.4 Å². The normalized spacial score (nSPS) is 10.7. The summed E-state index contributed by atoms with van der Waals surface area (Å²) in [6, 6.07) is 17.2. The third kappa shape index (κ3) is 2.15. The van der Waals surface area contributed by atoms with Crippen LogP contribution in [0.1, 0.15) is 0 Å². The summed E-state index contributed by atoms with van der Waals surface area (Å²) in [5.74, 6) is 0. The number of aromatic nitrogens is 2. The van der Waals surface area contributed by atoms with E-state index in [1.165, 1.54) is 11.8 Å². The first-order chi connectivity index (χ1) is 8.83. The van der Waals surface area contributed by atoms with Crippen molar-refractivity contribution in [3.05, 3.63) is 65.0 Å². The van der Waals surface area contributed by atoms with E-state index in [0.29, 0.717) is 10.5 Å². The molecule has 0 saturated carbocycles. The Morgan fingerprint density at radius 2 is 1.67 bits per heavy atom. The molecule has 0 spiro atoms. The molecule has 3 aromatic rings. The summed E-state index contributed by atoms with van der Waals surface area (Å²) in [5.41, 5.74) is 0.624. The number of hydrogen-bond donors (Lipinski definition) is 1. The molecule has 4 heteroatoms. The highest BCUT2D eigenvalue weighted by Gasteiger charge is 2.04. The third-order valence-corrected chi connectivity index (χ3v) is 3.44. The standard InChI is InChI=1S/C14H10N2OS/c17-13-11-8-4-5-9-12(11)15-14(16-13)18-10-6-2-1-3-7-10/h1-9H,(H,15,16,17). The second kappa shape index (κ2) is 4.66. The van der Waals surface area contributed by atoms with Crippen molar-refractivity contribution in [2.24, 2.45) is 0 Å². The van der Waals surface area contributed by atoms with Crippen LogP contribution in [0, 0.1) is 0 Å². The lowest BCUT2D eigenvalue weighted by molar-refractivity contribution is 0.974. The molecule has 1 N–H and O–H groups in total. The van der Waals surface area contributed by atoms with Crippen LogP contribution in [0.5, 0.6) is 0 Å². The van der Waals surface area contributed by atoms with E-state index in [-0.39, 0.29) is 5.56 Å². The van der Waals surface area contributed by atoms with Crippen molar-refractivity contribution in [1.82, 2.24) is 9.97 Å². The average Bonchev–Trinajstić information content (AvgIpc) is 2.40. The predicted molar refractivity (Wildman–Crippen MR) is 72.9 cm³/mol. The summed E-state index contributed by atoms with van der Waals surface area (Å²) in [6.45, 7) is 0. The molecule has 0 radical (unpaired) electrons. The van der Waals surface area contributed by atoms with Gasteiger partial charge in [-0.05, 0) is 24.3 Å². The molecular formula is C14H10N2OS. The molecule has 1 heterocycles. The van der Waals surface area contributed by atoms with Crippen LogP contribution < -0.4 is 5.56 Å². The van der Waals surface area contributed by atoms with Gasteiger partial charge in [-0.1, -0.05) is 42.1 Å². The van der Waals surface area contributed by atoms with Gasteiger partial charge in [-0.3, -0.25) is 4.79 Å². The molecule has 0 amide bonds. The van der Waals surface area contributed by atoms with Gasteiger partial charge in [0.15, 0.2) is 5.16 Å². The summed E-state index contributed by atoms with van der Waals surface area (Å²) in [5, 5.41) is 1.24. The van der Waals surface area contributed by atoms with Crippen LogP contribution in [0.4, 0.5) is 0 Å². The zero-order chi connectivity index (χ0) is 12.4. The first-order valence-electron chi connectivity index (χ1n) is 5.55. The number of fused-ring (bicyclic) bond motifs is 1. The Bertz CT molecular complexity index is 737. The van der Waals surface area contributed by atoms with Gasteiger partial charge in [0.25, 0.3) is 5.56 Å². The molecule has 18 heavy (non-hydrogen) atoms. The predicted octanol–water partition coefficient (Wildman–Crippen LogP) is 3.07. The zero-order valence-corrected chi connectivity index (χ0v) is 10.3. The quantitative estimate of drug-likeness (QED) is 0.715. The van der Waals surface area contributed by atoms with Crippen LogP contribution in [0.15, 0.2) is 69.4 Å². The van der Waals surface area contributed by atoms with E-state index in [2.05, 4.69) is 9.97 Å². The molecular weight excluding hydrogens is 244 g/mol. The molecule has 3 nitrogen and oxygen atoms in total. The van der Waals surface area contributed by atoms with E-state index in [1.54, 1.807) is 6.07 Å². The molecule has 0 aliphatic rings. The zero-order valence-electron chi connectivity index (χ0n) is 9.46. The fraction of sp³-hybridized carbons (Fsp3) is 0. The molecule has 0 unspecified atom stereocenters. The van der Waals surface area contributed by atoms with Gasteiger partial charge in [-0.2, -0.15) is 0 Å². The van der Waals surface area contributed by atoms with Crippen molar-refractivity contribution >= 4 is 22.7 Å². The van der Waals surface area contributed by atoms with Crippen molar-refractivity contribution in [3.63, 3.8) is 0 Å². The molecule has 0 aliphatic heterocycles. The highest BCUT2D eigenvalue weighted by atomic mass is 32.2. The Morgan fingerprint density at radius 3 is 2.50 bits per heavy atom. The Morgan fingerprint density at radius 1 is 0.944 bits per heavy atom. The summed E-state index contributed by atoms with van der Waals surface area (Å²) >= 11 is 1.45. The molecule has 0 atom stereocenters. The lowest BCUT2D eigenvalue weighted by atomic mass is 10.2. The van der Waals surface area contributed by atoms with Gasteiger partial charge in [0.1, 0.15) is 0 Å². The number of H-pyrrole nitrogens is 1. The molecule has 1 aromatic heterocycles. The highest BCUT2D eigenvalue weighted by Crippen LogP contribution is 2.23. The van der Waals surface area contributed by atoms with Gasteiger partial charge in [-0.25, -0.2) is 4.98 Å². The highest BCUT2D eigenvalue weighted by molar-refractivity contribution is 7.99. The molecule has 0 fully saturated rings. The summed E-state index contributed by atoms with van der Waals surface area (Å²) < 4.78 is 0. The molecule has 0 aliphatic carbocycles. The fourth-order valence-corrected chi connectivity index (χ4v) is 2.52. The first-order valence-corrected chi connectivity index (χ1v) is 6.36. The number of para-hydroxylation sites is 1. The number of nitrogens with zero attached hydrogens (tertiary/aromatic N) is 1. The van der Waals surface area contributed by atoms with E-state index in [9.17, 15) is 4.79 Å². The number of hydrogen-bond acceptors (Lipinski definition) is 3. The minimum absolute atomic E-state index is 0.0981. The molecule has 0 bridgehead atoms. The Balaban J connectivity index is 2.06. The minimum Gasteiger partial charge on any atom is -0.301 e. The molecule has 2 aromatic carbocycles. The third-order valence-electron chi connectivity index (χ3n) is 2.55. The SMILES string of the molecule is O=c1[nH]c(Sc2ccccc2)nc2ccccc12.